The number of carboxylic acid groups (broad SMARTS) is 1. The number of aromatic amines is 1. The number of nitrogens with zero attached hydrogens (tertiary/aromatic N) is 1. The van der Waals surface area contributed by atoms with E-state index in [1.807, 2.05) is 24.3 Å². The fraction of sp³-hybridized carbons (Fsp3) is 0.455. The van der Waals surface area contributed by atoms with Crippen molar-refractivity contribution < 1.29 is 15.0 Å². The highest BCUT2D eigenvalue weighted by Crippen LogP contribution is 2.39. The molecule has 0 amide bonds. The monoisotopic (exact) mass is 397 g/mol. The Kier molecular flexibility index (Phi) is 5.08. The fourth-order valence-electron chi connectivity index (χ4n) is 5.05. The van der Waals surface area contributed by atoms with Gasteiger partial charge in [0.05, 0.1) is 5.69 Å². The van der Waals surface area contributed by atoms with E-state index in [1.165, 1.54) is 19.3 Å². The molecule has 1 aliphatic heterocycles. The van der Waals surface area contributed by atoms with Crippen molar-refractivity contribution in [2.75, 3.05) is 25.0 Å². The normalized spacial score (nSPS) is 23.8. The van der Waals surface area contributed by atoms with Crippen LogP contribution in [0.3, 0.4) is 0 Å². The lowest BCUT2D eigenvalue weighted by Gasteiger charge is -2.32. The summed E-state index contributed by atoms with van der Waals surface area (Å²) in [6, 6.07) is 8.46. The molecule has 1 aromatic heterocycles. The molecule has 0 bridgehead atoms. The Hall–Kier alpha value is -2.80. The molecule has 2 fully saturated rings. The van der Waals surface area contributed by atoms with Crippen molar-refractivity contribution in [2.45, 2.75) is 32.2 Å². The molecule has 4 N–H and O–H groups in total. The highest BCUT2D eigenvalue weighted by molar-refractivity contribution is 5.91. The Labute approximate surface area is 169 Å². The van der Waals surface area contributed by atoms with Crippen LogP contribution in [-0.2, 0) is 0 Å². The van der Waals surface area contributed by atoms with Crippen LogP contribution < -0.4 is 15.8 Å². The van der Waals surface area contributed by atoms with E-state index >= 15 is 0 Å². The quantitative estimate of drug-likeness (QED) is 0.632. The lowest BCUT2D eigenvalue weighted by Crippen LogP contribution is -2.40. The number of anilines is 1. The van der Waals surface area contributed by atoms with Crippen LogP contribution >= 0.6 is 0 Å². The predicted octanol–water partition coefficient (Wildman–Crippen LogP) is 2.58. The minimum Gasteiger partial charge on any atom is -0.506 e. The number of aromatic nitrogens is 1. The molecule has 154 valence electrons. The van der Waals surface area contributed by atoms with Gasteiger partial charge in [0, 0.05) is 30.4 Å². The van der Waals surface area contributed by atoms with Gasteiger partial charge >= 0.3 is 5.97 Å². The predicted molar refractivity (Wildman–Crippen MR) is 112 cm³/mol. The molecule has 1 aromatic carbocycles. The van der Waals surface area contributed by atoms with Crippen molar-refractivity contribution >= 4 is 11.7 Å². The van der Waals surface area contributed by atoms with Crippen LogP contribution in [-0.4, -0.2) is 47.3 Å². The summed E-state index contributed by atoms with van der Waals surface area (Å²) in [5.74, 6) is -0.529. The lowest BCUT2D eigenvalue weighted by atomic mass is 9.78. The van der Waals surface area contributed by atoms with E-state index in [9.17, 15) is 14.7 Å². The Morgan fingerprint density at radius 2 is 1.93 bits per heavy atom. The summed E-state index contributed by atoms with van der Waals surface area (Å²) in [5, 5.41) is 22.8. The van der Waals surface area contributed by atoms with Gasteiger partial charge in [-0.2, -0.15) is 0 Å². The smallest absolute Gasteiger partial charge is 0.345 e. The first kappa shape index (κ1) is 19.5. The molecular formula is C22H27N3O4. The Morgan fingerprint density at radius 3 is 2.59 bits per heavy atom. The molecular weight excluding hydrogens is 370 g/mol. The van der Waals surface area contributed by atoms with E-state index in [2.05, 4.69) is 22.2 Å². The second-order valence-electron chi connectivity index (χ2n) is 8.18. The number of aromatic hydroxyl groups is 1. The molecule has 4 rings (SSSR count). The van der Waals surface area contributed by atoms with Crippen molar-refractivity contribution in [3.05, 3.63) is 45.7 Å². The summed E-state index contributed by atoms with van der Waals surface area (Å²) >= 11 is 0. The number of pyridine rings is 1. The van der Waals surface area contributed by atoms with Crippen LogP contribution in [0.2, 0.25) is 0 Å². The molecule has 1 aliphatic carbocycles. The zero-order valence-electron chi connectivity index (χ0n) is 16.7. The fourth-order valence-corrected chi connectivity index (χ4v) is 5.05. The molecule has 2 heterocycles. The molecule has 0 spiro atoms. The molecule has 1 saturated carbocycles. The van der Waals surface area contributed by atoms with Gasteiger partial charge in [0.25, 0.3) is 5.56 Å². The number of hydrogen-bond donors (Lipinski definition) is 4. The van der Waals surface area contributed by atoms with Crippen molar-refractivity contribution in [3.63, 3.8) is 0 Å². The summed E-state index contributed by atoms with van der Waals surface area (Å²) < 4.78 is 0. The number of benzene rings is 1. The summed E-state index contributed by atoms with van der Waals surface area (Å²) in [6.45, 7) is 3.70. The largest absolute Gasteiger partial charge is 0.506 e. The SMILES string of the molecule is CN[C@@H]1CCC[C@@H]2CN(c3ccc(-c4[nH]c(=O)c(C(=O)O)c(O)c4C)cc3)C[C@@H]21. The van der Waals surface area contributed by atoms with Crippen molar-refractivity contribution in [2.24, 2.45) is 11.8 Å². The second kappa shape index (κ2) is 7.55. The van der Waals surface area contributed by atoms with Gasteiger partial charge in [-0.15, -0.1) is 0 Å². The maximum absolute atomic E-state index is 12.1. The molecule has 29 heavy (non-hydrogen) atoms. The van der Waals surface area contributed by atoms with E-state index in [0.29, 0.717) is 23.2 Å². The van der Waals surface area contributed by atoms with Gasteiger partial charge in [-0.1, -0.05) is 18.6 Å². The van der Waals surface area contributed by atoms with E-state index in [4.69, 9.17) is 5.11 Å². The van der Waals surface area contributed by atoms with Crippen LogP contribution in [0.4, 0.5) is 5.69 Å². The zero-order valence-corrected chi connectivity index (χ0v) is 16.7. The van der Waals surface area contributed by atoms with Gasteiger partial charge in [0.1, 0.15) is 5.75 Å². The van der Waals surface area contributed by atoms with Gasteiger partial charge < -0.3 is 25.4 Å². The summed E-state index contributed by atoms with van der Waals surface area (Å²) in [5.41, 5.74) is 1.24. The molecule has 7 heteroatoms. The van der Waals surface area contributed by atoms with Crippen LogP contribution in [0.1, 0.15) is 35.2 Å². The third kappa shape index (κ3) is 3.40. The van der Waals surface area contributed by atoms with Gasteiger partial charge in [0.15, 0.2) is 5.56 Å². The molecule has 3 atom stereocenters. The molecule has 0 radical (unpaired) electrons. The Morgan fingerprint density at radius 1 is 1.21 bits per heavy atom. The third-order valence-corrected chi connectivity index (χ3v) is 6.64. The summed E-state index contributed by atoms with van der Waals surface area (Å²) in [4.78, 5) is 28.3. The summed E-state index contributed by atoms with van der Waals surface area (Å²) in [6.07, 6.45) is 3.81. The second-order valence-corrected chi connectivity index (χ2v) is 8.18. The highest BCUT2D eigenvalue weighted by atomic mass is 16.4. The molecule has 1 saturated heterocycles. The standard InChI is InChI=1S/C22H27N3O4/c1-12-19(24-21(27)18(20(12)26)22(28)29)13-6-8-15(9-7-13)25-10-14-4-3-5-17(23-2)16(14)11-25/h6-9,14,16-17,23H,3-5,10-11H2,1-2H3,(H,28,29)(H2,24,26,27)/t14-,16+,17-/m1/s1. The van der Waals surface area contributed by atoms with E-state index < -0.39 is 22.8 Å². The number of nitrogens with one attached hydrogen (secondary N) is 2. The number of aromatic carboxylic acids is 1. The molecule has 7 nitrogen and oxygen atoms in total. The summed E-state index contributed by atoms with van der Waals surface area (Å²) in [7, 11) is 2.05. The third-order valence-electron chi connectivity index (χ3n) is 6.64. The van der Waals surface area contributed by atoms with Crippen LogP contribution in [0.5, 0.6) is 5.75 Å². The first-order valence-electron chi connectivity index (χ1n) is 10.1. The first-order valence-corrected chi connectivity index (χ1v) is 10.1. The van der Waals surface area contributed by atoms with Gasteiger partial charge in [-0.05, 0) is 56.3 Å². The zero-order chi connectivity index (χ0) is 20.7. The Bertz CT molecular complexity index is 983. The molecule has 2 aromatic rings. The van der Waals surface area contributed by atoms with Crippen LogP contribution in [0.15, 0.2) is 29.1 Å². The topological polar surface area (TPSA) is 106 Å². The minimum absolute atomic E-state index is 0.346. The van der Waals surface area contributed by atoms with Crippen LogP contribution in [0, 0.1) is 18.8 Å². The minimum atomic E-state index is -1.44. The number of carbonyl (C=O) groups is 1. The maximum atomic E-state index is 12.1. The first-order chi connectivity index (χ1) is 13.9. The van der Waals surface area contributed by atoms with Crippen molar-refractivity contribution in [1.82, 2.24) is 10.3 Å². The van der Waals surface area contributed by atoms with Crippen molar-refractivity contribution in [1.29, 1.82) is 0 Å². The number of fused-ring (bicyclic) bond motifs is 1. The lowest BCUT2D eigenvalue weighted by molar-refractivity contribution is 0.0691. The van der Waals surface area contributed by atoms with Gasteiger partial charge in [0.2, 0.25) is 0 Å². The van der Waals surface area contributed by atoms with E-state index in [0.717, 1.165) is 30.3 Å². The highest BCUT2D eigenvalue weighted by Gasteiger charge is 2.39. The number of hydrogen-bond acceptors (Lipinski definition) is 5. The number of carboxylic acids is 1. The Balaban J connectivity index is 1.59. The van der Waals surface area contributed by atoms with Crippen LogP contribution in [0.25, 0.3) is 11.3 Å². The van der Waals surface area contributed by atoms with E-state index in [-0.39, 0.29) is 0 Å². The van der Waals surface area contributed by atoms with Crippen molar-refractivity contribution in [3.8, 4) is 17.0 Å². The molecule has 0 unspecified atom stereocenters. The maximum Gasteiger partial charge on any atom is 0.345 e. The average molecular weight is 397 g/mol. The average Bonchev–Trinajstić information content (AvgIpc) is 3.15. The van der Waals surface area contributed by atoms with Gasteiger partial charge in [-0.3, -0.25) is 4.79 Å². The number of rotatable bonds is 4. The number of H-pyrrole nitrogens is 1. The van der Waals surface area contributed by atoms with E-state index in [1.54, 1.807) is 6.92 Å². The van der Waals surface area contributed by atoms with Gasteiger partial charge in [-0.25, -0.2) is 4.79 Å². The molecule has 2 aliphatic rings.